The summed E-state index contributed by atoms with van der Waals surface area (Å²) >= 11 is 0. The lowest BCUT2D eigenvalue weighted by Gasteiger charge is -2.09. The van der Waals surface area contributed by atoms with Gasteiger partial charge in [0.15, 0.2) is 6.61 Å². The number of aryl methyl sites for hydroxylation is 2. The van der Waals surface area contributed by atoms with E-state index in [0.29, 0.717) is 5.56 Å². The quantitative estimate of drug-likeness (QED) is 0.842. The third-order valence-electron chi connectivity index (χ3n) is 3.91. The van der Waals surface area contributed by atoms with Gasteiger partial charge < -0.3 is 10.1 Å². The lowest BCUT2D eigenvalue weighted by Crippen LogP contribution is -2.39. The maximum Gasteiger partial charge on any atom is 0.339 e. The molecule has 0 spiro atoms. The average Bonchev–Trinajstić information content (AvgIpc) is 2.98. The third-order valence-corrected chi connectivity index (χ3v) is 3.91. The van der Waals surface area contributed by atoms with Gasteiger partial charge in [-0.3, -0.25) is 10.1 Å². The molecule has 0 atom stereocenters. The fourth-order valence-electron chi connectivity index (χ4n) is 2.86. The van der Waals surface area contributed by atoms with Gasteiger partial charge in [-0.15, -0.1) is 0 Å². The van der Waals surface area contributed by atoms with E-state index < -0.39 is 24.5 Å². The van der Waals surface area contributed by atoms with Crippen LogP contribution in [0.3, 0.4) is 0 Å². The molecule has 0 heterocycles. The van der Waals surface area contributed by atoms with Gasteiger partial charge in [-0.1, -0.05) is 24.3 Å². The monoisotopic (exact) mass is 312 g/mol. The van der Waals surface area contributed by atoms with Crippen molar-refractivity contribution in [3.63, 3.8) is 0 Å². The van der Waals surface area contributed by atoms with Crippen molar-refractivity contribution in [2.24, 2.45) is 0 Å². The number of hydrogen-bond donors (Lipinski definition) is 2. The summed E-state index contributed by atoms with van der Waals surface area (Å²) in [5, 5.41) is 6.23. The van der Waals surface area contributed by atoms with Gasteiger partial charge in [-0.05, 0) is 40.8 Å². The van der Waals surface area contributed by atoms with Gasteiger partial charge in [-0.2, -0.15) is 0 Å². The van der Waals surface area contributed by atoms with Crippen molar-refractivity contribution >= 4 is 28.7 Å². The summed E-state index contributed by atoms with van der Waals surface area (Å²) in [5.41, 5.74) is 2.88. The van der Waals surface area contributed by atoms with E-state index in [1.54, 1.807) is 6.07 Å². The van der Waals surface area contributed by atoms with Gasteiger partial charge in [0.1, 0.15) is 0 Å². The zero-order valence-electron chi connectivity index (χ0n) is 12.6. The van der Waals surface area contributed by atoms with E-state index in [1.807, 2.05) is 23.5 Å². The number of amides is 3. The van der Waals surface area contributed by atoms with Crippen molar-refractivity contribution < 1.29 is 19.1 Å². The van der Waals surface area contributed by atoms with Crippen LogP contribution in [0.4, 0.5) is 4.79 Å². The summed E-state index contributed by atoms with van der Waals surface area (Å²) in [6.45, 7) is -0.505. The molecule has 118 valence electrons. The first-order valence-electron chi connectivity index (χ1n) is 7.32. The smallest absolute Gasteiger partial charge is 0.339 e. The van der Waals surface area contributed by atoms with Crippen LogP contribution >= 0.6 is 0 Å². The van der Waals surface area contributed by atoms with Crippen LogP contribution < -0.4 is 10.6 Å². The number of esters is 1. The minimum atomic E-state index is -0.677. The van der Waals surface area contributed by atoms with E-state index in [-0.39, 0.29) is 0 Å². The fraction of sp³-hybridized carbons (Fsp3) is 0.235. The lowest BCUT2D eigenvalue weighted by molar-refractivity contribution is -0.123. The minimum absolute atomic E-state index is 0.431. The molecule has 2 N–H and O–H groups in total. The molecule has 2 aromatic rings. The zero-order chi connectivity index (χ0) is 16.4. The predicted octanol–water partition coefficient (Wildman–Crippen LogP) is 1.55. The van der Waals surface area contributed by atoms with Crippen LogP contribution in [-0.4, -0.2) is 31.6 Å². The molecule has 1 aliphatic carbocycles. The van der Waals surface area contributed by atoms with Gasteiger partial charge in [-0.25, -0.2) is 9.59 Å². The number of hydrogen-bond acceptors (Lipinski definition) is 4. The maximum absolute atomic E-state index is 12.3. The molecular weight excluding hydrogens is 296 g/mol. The van der Waals surface area contributed by atoms with E-state index >= 15 is 0 Å². The van der Waals surface area contributed by atoms with Crippen LogP contribution in [0.25, 0.3) is 10.8 Å². The van der Waals surface area contributed by atoms with Crippen molar-refractivity contribution in [2.75, 3.05) is 13.7 Å². The molecule has 0 unspecified atom stereocenters. The summed E-state index contributed by atoms with van der Waals surface area (Å²) in [5.74, 6) is -1.25. The summed E-state index contributed by atoms with van der Waals surface area (Å²) in [6.07, 6.45) is 1.94. The first kappa shape index (κ1) is 15.0. The van der Waals surface area contributed by atoms with Crippen molar-refractivity contribution in [1.29, 1.82) is 0 Å². The average molecular weight is 312 g/mol. The van der Waals surface area contributed by atoms with Crippen LogP contribution in [0.15, 0.2) is 30.3 Å². The largest absolute Gasteiger partial charge is 0.452 e. The molecule has 6 heteroatoms. The van der Waals surface area contributed by atoms with Crippen LogP contribution in [0.1, 0.15) is 21.5 Å². The molecule has 0 saturated heterocycles. The van der Waals surface area contributed by atoms with E-state index in [2.05, 4.69) is 11.4 Å². The van der Waals surface area contributed by atoms with E-state index in [0.717, 1.165) is 23.6 Å². The lowest BCUT2D eigenvalue weighted by atomic mass is 10.00. The number of benzene rings is 2. The highest BCUT2D eigenvalue weighted by atomic mass is 16.5. The normalized spacial score (nSPS) is 12.0. The van der Waals surface area contributed by atoms with Crippen molar-refractivity contribution in [1.82, 2.24) is 10.6 Å². The predicted molar refractivity (Wildman–Crippen MR) is 84.2 cm³/mol. The third kappa shape index (κ3) is 2.88. The first-order chi connectivity index (χ1) is 11.1. The minimum Gasteiger partial charge on any atom is -0.452 e. The molecular formula is C17H16N2O4. The molecule has 23 heavy (non-hydrogen) atoms. The molecule has 3 amide bonds. The molecule has 6 nitrogen and oxygen atoms in total. The highest BCUT2D eigenvalue weighted by Crippen LogP contribution is 2.32. The molecule has 0 saturated carbocycles. The number of carbonyl (C=O) groups excluding carboxylic acids is 3. The molecule has 3 rings (SSSR count). The van der Waals surface area contributed by atoms with E-state index in [4.69, 9.17) is 4.74 Å². The second-order valence-corrected chi connectivity index (χ2v) is 5.32. The summed E-state index contributed by atoms with van der Waals surface area (Å²) in [7, 11) is 1.39. The number of carbonyl (C=O) groups is 3. The molecule has 0 bridgehead atoms. The Morgan fingerprint density at radius 2 is 1.83 bits per heavy atom. The summed E-state index contributed by atoms with van der Waals surface area (Å²) < 4.78 is 5.01. The Kier molecular flexibility index (Phi) is 3.97. The van der Waals surface area contributed by atoms with Gasteiger partial charge in [0.05, 0.1) is 5.56 Å². The van der Waals surface area contributed by atoms with Gasteiger partial charge in [0.25, 0.3) is 5.91 Å². The van der Waals surface area contributed by atoms with Crippen LogP contribution in [-0.2, 0) is 22.4 Å². The molecule has 0 fully saturated rings. The first-order valence-corrected chi connectivity index (χ1v) is 7.32. The van der Waals surface area contributed by atoms with Gasteiger partial charge in [0.2, 0.25) is 0 Å². The van der Waals surface area contributed by atoms with Crippen LogP contribution in [0.5, 0.6) is 0 Å². The van der Waals surface area contributed by atoms with Crippen molar-refractivity contribution in [2.45, 2.75) is 12.8 Å². The molecule has 2 aromatic carbocycles. The molecule has 0 aromatic heterocycles. The Balaban J connectivity index is 1.78. The van der Waals surface area contributed by atoms with Crippen molar-refractivity contribution in [3.05, 3.63) is 47.0 Å². The second-order valence-electron chi connectivity index (χ2n) is 5.32. The Hall–Kier alpha value is -2.89. The maximum atomic E-state index is 12.3. The number of rotatable bonds is 3. The van der Waals surface area contributed by atoms with Crippen molar-refractivity contribution in [3.8, 4) is 0 Å². The Morgan fingerprint density at radius 3 is 2.57 bits per heavy atom. The Labute approximate surface area is 132 Å². The number of nitrogens with one attached hydrogen (secondary N) is 2. The van der Waals surface area contributed by atoms with Crippen LogP contribution in [0, 0.1) is 0 Å². The highest BCUT2D eigenvalue weighted by Gasteiger charge is 2.20. The summed E-state index contributed by atoms with van der Waals surface area (Å²) in [6, 6.07) is 8.88. The highest BCUT2D eigenvalue weighted by molar-refractivity contribution is 6.07. The van der Waals surface area contributed by atoms with Crippen LogP contribution in [0.2, 0.25) is 0 Å². The molecule has 0 radical (unpaired) electrons. The zero-order valence-corrected chi connectivity index (χ0v) is 12.6. The number of imide groups is 1. The fourth-order valence-corrected chi connectivity index (χ4v) is 2.86. The topological polar surface area (TPSA) is 84.5 Å². The standard InChI is InChI=1S/C17H16N2O4/c1-18-17(22)19-14(20)9-23-16(21)13-8-7-11-6-5-10-3-2-4-12(13)15(10)11/h2-4,7-8H,5-6,9H2,1H3,(H2,18,19,20,22). The van der Waals surface area contributed by atoms with E-state index in [9.17, 15) is 14.4 Å². The second kappa shape index (κ2) is 6.08. The number of urea groups is 1. The SMILES string of the molecule is CNC(=O)NC(=O)COC(=O)c1ccc2c3c(cccc13)CC2. The van der Waals surface area contributed by atoms with Gasteiger partial charge >= 0.3 is 12.0 Å². The number of ether oxygens (including phenoxy) is 1. The summed E-state index contributed by atoms with van der Waals surface area (Å²) in [4.78, 5) is 34.7. The molecule has 1 aliphatic rings. The van der Waals surface area contributed by atoms with E-state index in [1.165, 1.54) is 18.2 Å². The van der Waals surface area contributed by atoms with Gasteiger partial charge in [0, 0.05) is 7.05 Å². The Bertz CT molecular complexity index is 803. The Morgan fingerprint density at radius 1 is 1.09 bits per heavy atom. The molecule has 0 aliphatic heterocycles.